The summed E-state index contributed by atoms with van der Waals surface area (Å²) in [6.45, 7) is 2.31. The Balaban J connectivity index is 2.17. The molecule has 1 aromatic carbocycles. The van der Waals surface area contributed by atoms with Crippen LogP contribution in [0.1, 0.15) is 22.8 Å². The zero-order valence-corrected chi connectivity index (χ0v) is 13.1. The van der Waals surface area contributed by atoms with Gasteiger partial charge in [-0.05, 0) is 30.7 Å². The number of benzene rings is 1. The summed E-state index contributed by atoms with van der Waals surface area (Å²) in [7, 11) is 0. The number of halogens is 1. The molecule has 5 nitrogen and oxygen atoms in total. The zero-order chi connectivity index (χ0) is 15.2. The fraction of sp³-hybridized carbons (Fsp3) is 0.200. The number of aromatic nitrogens is 1. The molecule has 0 amide bonds. The number of pyridine rings is 1. The molecule has 2 N–H and O–H groups in total. The highest BCUT2D eigenvalue weighted by Crippen LogP contribution is 2.21. The molecule has 2 aromatic rings. The largest absolute Gasteiger partial charge is 0.472 e. The van der Waals surface area contributed by atoms with Crippen LogP contribution in [0.25, 0.3) is 0 Å². The molecule has 0 fully saturated rings. The van der Waals surface area contributed by atoms with E-state index in [-0.39, 0.29) is 18.1 Å². The Bertz CT molecular complexity index is 647. The van der Waals surface area contributed by atoms with E-state index in [0.29, 0.717) is 12.3 Å². The summed E-state index contributed by atoms with van der Waals surface area (Å²) in [4.78, 5) is 15.9. The summed E-state index contributed by atoms with van der Waals surface area (Å²) in [5.41, 5.74) is 7.22. The van der Waals surface area contributed by atoms with Gasteiger partial charge in [0.2, 0.25) is 5.88 Å². The van der Waals surface area contributed by atoms with Crippen LogP contribution >= 0.6 is 15.9 Å². The quantitative estimate of drug-likeness (QED) is 0.838. The van der Waals surface area contributed by atoms with Crippen molar-refractivity contribution in [2.45, 2.75) is 13.5 Å². The second-order valence-electron chi connectivity index (χ2n) is 4.26. The third-order valence-electron chi connectivity index (χ3n) is 2.63. The van der Waals surface area contributed by atoms with Gasteiger partial charge < -0.3 is 15.2 Å². The molecule has 0 aliphatic carbocycles. The number of anilines is 1. The lowest BCUT2D eigenvalue weighted by atomic mass is 10.2. The van der Waals surface area contributed by atoms with E-state index in [1.165, 1.54) is 12.3 Å². The average molecular weight is 351 g/mol. The van der Waals surface area contributed by atoms with E-state index in [0.717, 1.165) is 10.0 Å². The number of nitrogens with two attached hydrogens (primary N) is 1. The van der Waals surface area contributed by atoms with Gasteiger partial charge in [-0.2, -0.15) is 0 Å². The molecule has 0 bridgehead atoms. The van der Waals surface area contributed by atoms with Gasteiger partial charge in [-0.25, -0.2) is 9.78 Å². The minimum absolute atomic E-state index is 0.211. The summed E-state index contributed by atoms with van der Waals surface area (Å²) in [6.07, 6.45) is 1.44. The second-order valence-corrected chi connectivity index (χ2v) is 5.18. The number of nitrogens with zero attached hydrogens (tertiary/aromatic N) is 1. The summed E-state index contributed by atoms with van der Waals surface area (Å²) in [5, 5.41) is 0. The maximum atomic E-state index is 11.9. The van der Waals surface area contributed by atoms with Crippen molar-refractivity contribution in [2.75, 3.05) is 12.3 Å². The van der Waals surface area contributed by atoms with Gasteiger partial charge in [0.05, 0.1) is 18.5 Å². The fourth-order valence-electron chi connectivity index (χ4n) is 1.72. The highest BCUT2D eigenvalue weighted by Gasteiger charge is 2.16. The van der Waals surface area contributed by atoms with Gasteiger partial charge in [-0.15, -0.1) is 0 Å². The standard InChI is InChI=1S/C15H15BrN2O3/c1-2-20-15(19)13-7-12(17)8-18-14(13)21-9-10-4-3-5-11(16)6-10/h3-8H,2,9,17H2,1H3. The van der Waals surface area contributed by atoms with Crippen LogP contribution in [0.2, 0.25) is 0 Å². The molecule has 2 rings (SSSR count). The number of hydrogen-bond acceptors (Lipinski definition) is 5. The number of esters is 1. The predicted octanol–water partition coefficient (Wildman–Crippen LogP) is 3.18. The van der Waals surface area contributed by atoms with Crippen molar-refractivity contribution in [1.29, 1.82) is 0 Å². The first-order valence-corrected chi connectivity index (χ1v) is 7.19. The lowest BCUT2D eigenvalue weighted by Crippen LogP contribution is -2.10. The molecular formula is C15H15BrN2O3. The van der Waals surface area contributed by atoms with Crippen LogP contribution in [0.15, 0.2) is 41.0 Å². The van der Waals surface area contributed by atoms with Crippen LogP contribution in [0.3, 0.4) is 0 Å². The first-order chi connectivity index (χ1) is 10.1. The zero-order valence-electron chi connectivity index (χ0n) is 11.5. The van der Waals surface area contributed by atoms with Crippen LogP contribution in [-0.2, 0) is 11.3 Å². The lowest BCUT2D eigenvalue weighted by Gasteiger charge is -2.10. The molecule has 0 unspecified atom stereocenters. The first kappa shape index (κ1) is 15.3. The Morgan fingerprint density at radius 1 is 1.38 bits per heavy atom. The topological polar surface area (TPSA) is 74.4 Å². The molecule has 1 heterocycles. The third kappa shape index (κ3) is 4.19. The number of rotatable bonds is 5. The molecule has 0 spiro atoms. The van der Waals surface area contributed by atoms with Crippen molar-refractivity contribution in [3.05, 3.63) is 52.1 Å². The van der Waals surface area contributed by atoms with E-state index in [1.807, 2.05) is 24.3 Å². The van der Waals surface area contributed by atoms with Crippen LogP contribution < -0.4 is 10.5 Å². The molecule has 0 saturated carbocycles. The minimum Gasteiger partial charge on any atom is -0.472 e. The normalized spacial score (nSPS) is 10.2. The van der Waals surface area contributed by atoms with Crippen LogP contribution in [0.4, 0.5) is 5.69 Å². The van der Waals surface area contributed by atoms with Crippen LogP contribution in [-0.4, -0.2) is 17.6 Å². The number of carbonyl (C=O) groups is 1. The van der Waals surface area contributed by atoms with Gasteiger partial charge in [-0.3, -0.25) is 0 Å². The van der Waals surface area contributed by atoms with Crippen molar-refractivity contribution in [1.82, 2.24) is 4.98 Å². The molecule has 0 aliphatic rings. The van der Waals surface area contributed by atoms with E-state index in [4.69, 9.17) is 15.2 Å². The summed E-state index contributed by atoms with van der Waals surface area (Å²) >= 11 is 3.39. The smallest absolute Gasteiger partial charge is 0.343 e. The molecule has 110 valence electrons. The Morgan fingerprint density at radius 3 is 2.90 bits per heavy atom. The van der Waals surface area contributed by atoms with Crippen molar-refractivity contribution >= 4 is 27.6 Å². The van der Waals surface area contributed by atoms with Crippen LogP contribution in [0, 0.1) is 0 Å². The predicted molar refractivity (Wildman–Crippen MR) is 83.1 cm³/mol. The molecule has 0 radical (unpaired) electrons. The van der Waals surface area contributed by atoms with E-state index in [2.05, 4.69) is 20.9 Å². The fourth-order valence-corrected chi connectivity index (χ4v) is 2.16. The average Bonchev–Trinajstić information content (AvgIpc) is 2.46. The van der Waals surface area contributed by atoms with Gasteiger partial charge in [0.25, 0.3) is 0 Å². The highest BCUT2D eigenvalue weighted by atomic mass is 79.9. The summed E-state index contributed by atoms with van der Waals surface area (Å²) in [6, 6.07) is 9.19. The number of nitrogen functional groups attached to an aromatic ring is 1. The second kappa shape index (κ2) is 7.08. The van der Waals surface area contributed by atoms with Crippen molar-refractivity contribution in [2.24, 2.45) is 0 Å². The molecule has 0 atom stereocenters. The molecular weight excluding hydrogens is 336 g/mol. The van der Waals surface area contributed by atoms with Gasteiger partial charge in [-0.1, -0.05) is 28.1 Å². The van der Waals surface area contributed by atoms with Crippen molar-refractivity contribution in [3.8, 4) is 5.88 Å². The monoisotopic (exact) mass is 350 g/mol. The molecule has 0 saturated heterocycles. The first-order valence-electron chi connectivity index (χ1n) is 6.40. The molecule has 1 aromatic heterocycles. The van der Waals surface area contributed by atoms with E-state index in [1.54, 1.807) is 6.92 Å². The Kier molecular flexibility index (Phi) is 5.16. The number of carbonyl (C=O) groups excluding carboxylic acids is 1. The Labute approximate surface area is 131 Å². The Morgan fingerprint density at radius 2 is 2.19 bits per heavy atom. The number of hydrogen-bond donors (Lipinski definition) is 1. The SMILES string of the molecule is CCOC(=O)c1cc(N)cnc1OCc1cccc(Br)c1. The third-order valence-corrected chi connectivity index (χ3v) is 3.13. The van der Waals surface area contributed by atoms with Gasteiger partial charge >= 0.3 is 5.97 Å². The van der Waals surface area contributed by atoms with Gasteiger partial charge in [0.1, 0.15) is 12.2 Å². The van der Waals surface area contributed by atoms with E-state index >= 15 is 0 Å². The van der Waals surface area contributed by atoms with Crippen molar-refractivity contribution < 1.29 is 14.3 Å². The van der Waals surface area contributed by atoms with Crippen LogP contribution in [0.5, 0.6) is 5.88 Å². The summed E-state index contributed by atoms with van der Waals surface area (Å²) < 4.78 is 11.5. The highest BCUT2D eigenvalue weighted by molar-refractivity contribution is 9.10. The van der Waals surface area contributed by atoms with E-state index in [9.17, 15) is 4.79 Å². The van der Waals surface area contributed by atoms with Gasteiger partial charge in [0, 0.05) is 4.47 Å². The molecule has 0 aliphatic heterocycles. The Hall–Kier alpha value is -2.08. The lowest BCUT2D eigenvalue weighted by molar-refractivity contribution is 0.0520. The maximum Gasteiger partial charge on any atom is 0.343 e. The van der Waals surface area contributed by atoms with Gasteiger partial charge in [0.15, 0.2) is 0 Å². The molecule has 21 heavy (non-hydrogen) atoms. The van der Waals surface area contributed by atoms with E-state index < -0.39 is 5.97 Å². The molecule has 6 heteroatoms. The minimum atomic E-state index is -0.499. The maximum absolute atomic E-state index is 11.9. The van der Waals surface area contributed by atoms with Crippen molar-refractivity contribution in [3.63, 3.8) is 0 Å². The number of ether oxygens (including phenoxy) is 2. The summed E-state index contributed by atoms with van der Waals surface area (Å²) in [5.74, 6) is -0.288.